The van der Waals surface area contributed by atoms with Crippen molar-refractivity contribution in [3.8, 4) is 0 Å². The van der Waals surface area contributed by atoms with Crippen LogP contribution < -0.4 is 15.9 Å². The summed E-state index contributed by atoms with van der Waals surface area (Å²) >= 11 is 0. The normalized spacial score (nSPS) is 9.96. The maximum Gasteiger partial charge on any atom is -0.0134 e. The van der Waals surface area contributed by atoms with E-state index in [2.05, 4.69) is 105 Å². The van der Waals surface area contributed by atoms with E-state index in [4.69, 9.17) is 0 Å². The highest BCUT2D eigenvalue weighted by molar-refractivity contribution is 8.93. The molecule has 0 aliphatic heterocycles. The summed E-state index contributed by atoms with van der Waals surface area (Å²) in [6.45, 7) is 4.51. The molecule has 0 N–H and O–H groups in total. The van der Waals surface area contributed by atoms with Gasteiger partial charge in [0.1, 0.15) is 0 Å². The fourth-order valence-electron chi connectivity index (χ4n) is 3.03. The van der Waals surface area contributed by atoms with Crippen molar-refractivity contribution in [2.45, 2.75) is 52.4 Å². The number of hydrogen-bond acceptors (Lipinski definition) is 0. The summed E-state index contributed by atoms with van der Waals surface area (Å²) < 4.78 is 0. The van der Waals surface area contributed by atoms with E-state index >= 15 is 0 Å². The average molecular weight is 457 g/mol. The van der Waals surface area contributed by atoms with Crippen LogP contribution in [0, 0.1) is 0 Å². The topological polar surface area (TPSA) is 0 Å². The van der Waals surface area contributed by atoms with Crippen LogP contribution in [0.2, 0.25) is 0 Å². The Balaban J connectivity index is 0.000000376. The van der Waals surface area contributed by atoms with Crippen molar-refractivity contribution in [1.29, 1.82) is 0 Å². The van der Waals surface area contributed by atoms with Gasteiger partial charge in [-0.2, -0.15) is 0 Å². The van der Waals surface area contributed by atoms with Gasteiger partial charge in [-0.3, -0.25) is 0 Å². The zero-order valence-corrected chi connectivity index (χ0v) is 19.9. The van der Waals surface area contributed by atoms with E-state index in [1.54, 1.807) is 0 Å². The Morgan fingerprint density at radius 1 is 0.464 bits per heavy atom. The second-order valence-electron chi connectivity index (χ2n) is 6.76. The molecular formula is C26H34BrP. The summed E-state index contributed by atoms with van der Waals surface area (Å²) in [4.78, 5) is 0. The molecule has 0 aliphatic carbocycles. The minimum atomic E-state index is -0.446. The Morgan fingerprint density at radius 2 is 0.750 bits per heavy atom. The van der Waals surface area contributed by atoms with Gasteiger partial charge in [0.25, 0.3) is 0 Å². The van der Waals surface area contributed by atoms with E-state index in [1.165, 1.54) is 54.4 Å². The first kappa shape index (κ1) is 24.6. The molecule has 0 aliphatic rings. The number of benzene rings is 3. The number of hydrogen-bond donors (Lipinski definition) is 0. The van der Waals surface area contributed by atoms with Gasteiger partial charge >= 0.3 is 0 Å². The number of rotatable bonds is 8. The van der Waals surface area contributed by atoms with Crippen LogP contribution in [0.3, 0.4) is 0 Å². The van der Waals surface area contributed by atoms with Gasteiger partial charge < -0.3 is 0 Å². The Kier molecular flexibility index (Phi) is 13.6. The summed E-state index contributed by atoms with van der Waals surface area (Å²) in [5, 5.41) is 4.19. The fourth-order valence-corrected chi connectivity index (χ4v) is 5.34. The maximum absolute atomic E-state index is 2.26. The summed E-state index contributed by atoms with van der Waals surface area (Å²) in [5.74, 6) is 0. The summed E-state index contributed by atoms with van der Waals surface area (Å²) in [6.07, 6.45) is 8.49. The zero-order chi connectivity index (χ0) is 19.2. The molecule has 0 radical (unpaired) electrons. The SMILES string of the molecule is Br.CCCCCCCC.c1ccc(P(c2ccccc2)c2ccccc2)cc1. The molecular weight excluding hydrogens is 423 g/mol. The molecule has 0 fully saturated rings. The van der Waals surface area contributed by atoms with Crippen LogP contribution in [0.1, 0.15) is 52.4 Å². The monoisotopic (exact) mass is 456 g/mol. The number of halogens is 1. The van der Waals surface area contributed by atoms with E-state index in [0.717, 1.165) is 0 Å². The van der Waals surface area contributed by atoms with Gasteiger partial charge in [0.15, 0.2) is 0 Å². The molecule has 0 bridgehead atoms. The van der Waals surface area contributed by atoms with E-state index in [1.807, 2.05) is 0 Å². The molecule has 0 saturated carbocycles. The molecule has 3 rings (SSSR count). The highest BCUT2D eigenvalue weighted by Gasteiger charge is 2.14. The largest absolute Gasteiger partial charge is 0.114 e. The van der Waals surface area contributed by atoms with Gasteiger partial charge in [-0.1, -0.05) is 143 Å². The molecule has 150 valence electrons. The summed E-state index contributed by atoms with van der Waals surface area (Å²) in [5.41, 5.74) is 0. The third kappa shape index (κ3) is 8.72. The third-order valence-electron chi connectivity index (χ3n) is 4.50. The van der Waals surface area contributed by atoms with Crippen LogP contribution in [0.5, 0.6) is 0 Å². The van der Waals surface area contributed by atoms with Crippen LogP contribution in [-0.4, -0.2) is 0 Å². The maximum atomic E-state index is 2.26. The molecule has 0 nitrogen and oxygen atoms in total. The predicted molar refractivity (Wildman–Crippen MR) is 135 cm³/mol. The molecule has 0 saturated heterocycles. The molecule has 0 atom stereocenters. The fraction of sp³-hybridized carbons (Fsp3) is 0.308. The van der Waals surface area contributed by atoms with Crippen LogP contribution in [0.4, 0.5) is 0 Å². The van der Waals surface area contributed by atoms with E-state index < -0.39 is 7.92 Å². The van der Waals surface area contributed by atoms with Crippen molar-refractivity contribution in [2.24, 2.45) is 0 Å². The van der Waals surface area contributed by atoms with Crippen LogP contribution in [0.15, 0.2) is 91.0 Å². The summed E-state index contributed by atoms with van der Waals surface area (Å²) in [6, 6.07) is 32.3. The minimum Gasteiger partial charge on any atom is -0.114 e. The Morgan fingerprint density at radius 3 is 1.00 bits per heavy atom. The first-order valence-corrected chi connectivity index (χ1v) is 11.7. The first-order chi connectivity index (χ1) is 13.4. The molecule has 3 aromatic carbocycles. The van der Waals surface area contributed by atoms with Gasteiger partial charge in [0.05, 0.1) is 0 Å². The van der Waals surface area contributed by atoms with Crippen molar-refractivity contribution in [3.63, 3.8) is 0 Å². The van der Waals surface area contributed by atoms with Crippen LogP contribution in [0.25, 0.3) is 0 Å². The smallest absolute Gasteiger partial charge is 0.0134 e. The van der Waals surface area contributed by atoms with Crippen LogP contribution in [-0.2, 0) is 0 Å². The first-order valence-electron chi connectivity index (χ1n) is 10.3. The lowest BCUT2D eigenvalue weighted by Crippen LogP contribution is -2.20. The van der Waals surface area contributed by atoms with Crippen molar-refractivity contribution in [3.05, 3.63) is 91.0 Å². The van der Waals surface area contributed by atoms with Gasteiger partial charge in [0, 0.05) is 0 Å². The Labute approximate surface area is 183 Å². The van der Waals surface area contributed by atoms with E-state index in [0.29, 0.717) is 0 Å². The van der Waals surface area contributed by atoms with Crippen molar-refractivity contribution in [2.75, 3.05) is 0 Å². The Hall–Kier alpha value is -1.43. The predicted octanol–water partition coefficient (Wildman–Crippen LogP) is 7.39. The van der Waals surface area contributed by atoms with E-state index in [-0.39, 0.29) is 17.0 Å². The second kappa shape index (κ2) is 15.5. The van der Waals surface area contributed by atoms with E-state index in [9.17, 15) is 0 Å². The average Bonchev–Trinajstić information content (AvgIpc) is 2.74. The molecule has 0 amide bonds. The Bertz CT molecular complexity index is 613. The van der Waals surface area contributed by atoms with Gasteiger partial charge in [-0.05, 0) is 23.8 Å². The molecule has 28 heavy (non-hydrogen) atoms. The molecule has 0 aromatic heterocycles. The second-order valence-corrected chi connectivity index (χ2v) is 8.98. The lowest BCUT2D eigenvalue weighted by atomic mass is 10.1. The standard InChI is InChI=1S/C18H15P.C8H18.BrH/c1-4-10-16(11-5-1)19(17-12-6-2-7-13-17)18-14-8-3-9-15-18;1-3-5-7-8-6-4-2;/h1-15H;3-8H2,1-2H3;1H. The van der Waals surface area contributed by atoms with Crippen molar-refractivity contribution in [1.82, 2.24) is 0 Å². The quantitative estimate of drug-likeness (QED) is 0.244. The molecule has 3 aromatic rings. The highest BCUT2D eigenvalue weighted by atomic mass is 79.9. The molecule has 0 spiro atoms. The molecule has 0 heterocycles. The lowest BCUT2D eigenvalue weighted by Gasteiger charge is -2.18. The van der Waals surface area contributed by atoms with Crippen molar-refractivity contribution < 1.29 is 0 Å². The zero-order valence-electron chi connectivity index (χ0n) is 17.3. The number of unbranched alkanes of at least 4 members (excludes halogenated alkanes) is 5. The van der Waals surface area contributed by atoms with Crippen molar-refractivity contribution >= 4 is 40.8 Å². The van der Waals surface area contributed by atoms with Crippen LogP contribution >= 0.6 is 24.9 Å². The minimum absolute atomic E-state index is 0. The third-order valence-corrected chi connectivity index (χ3v) is 6.94. The van der Waals surface area contributed by atoms with Gasteiger partial charge in [0.2, 0.25) is 0 Å². The van der Waals surface area contributed by atoms with Gasteiger partial charge in [-0.15, -0.1) is 17.0 Å². The highest BCUT2D eigenvalue weighted by Crippen LogP contribution is 2.32. The lowest BCUT2D eigenvalue weighted by molar-refractivity contribution is 0.624. The molecule has 0 unspecified atom stereocenters. The molecule has 2 heteroatoms. The summed E-state index contributed by atoms with van der Waals surface area (Å²) in [7, 11) is -0.446. The van der Waals surface area contributed by atoms with Gasteiger partial charge in [-0.25, -0.2) is 0 Å².